The summed E-state index contributed by atoms with van der Waals surface area (Å²) in [6, 6.07) is 11.8. The molecule has 2 N–H and O–H groups in total. The quantitative estimate of drug-likeness (QED) is 0.663. The molecule has 3 nitrogen and oxygen atoms in total. The summed E-state index contributed by atoms with van der Waals surface area (Å²) in [5.74, 6) is -1.05. The summed E-state index contributed by atoms with van der Waals surface area (Å²) in [5, 5.41) is 18.9. The maximum absolute atomic E-state index is 11.4. The number of carboxylic acids is 1. The maximum Gasteiger partial charge on any atom is 0.336 e. The van der Waals surface area contributed by atoms with Gasteiger partial charge in [-0.05, 0) is 36.3 Å². The Labute approximate surface area is 121 Å². The maximum atomic E-state index is 11.4. The van der Waals surface area contributed by atoms with Gasteiger partial charge < -0.3 is 10.2 Å². The van der Waals surface area contributed by atoms with Gasteiger partial charge in [0.05, 0.1) is 10.6 Å². The van der Waals surface area contributed by atoms with Gasteiger partial charge in [-0.1, -0.05) is 47.5 Å². The molecule has 0 heterocycles. The minimum atomic E-state index is -1.02. The number of phenolic OH excluding ortho intramolecular Hbond substituents is 1. The van der Waals surface area contributed by atoms with Crippen molar-refractivity contribution in [3.63, 3.8) is 0 Å². The van der Waals surface area contributed by atoms with E-state index in [-0.39, 0.29) is 16.3 Å². The van der Waals surface area contributed by atoms with Crippen molar-refractivity contribution >= 4 is 29.2 Å². The highest BCUT2D eigenvalue weighted by Crippen LogP contribution is 2.26. The van der Waals surface area contributed by atoms with E-state index in [0.29, 0.717) is 11.1 Å². The summed E-state index contributed by atoms with van der Waals surface area (Å²) in [7, 11) is 0. The molecule has 0 amide bonds. The fourth-order valence-electron chi connectivity index (χ4n) is 1.78. The molecule has 102 valence electrons. The molecule has 0 saturated heterocycles. The molecule has 0 fully saturated rings. The molecule has 0 bridgehead atoms. The molecule has 0 aliphatic rings. The Hall–Kier alpha value is -2.26. The van der Waals surface area contributed by atoms with Crippen LogP contribution in [0.4, 0.5) is 0 Å². The number of rotatable bonds is 3. The van der Waals surface area contributed by atoms with E-state index >= 15 is 0 Å². The van der Waals surface area contributed by atoms with Crippen LogP contribution in [0, 0.1) is 6.92 Å². The third-order valence-corrected chi connectivity index (χ3v) is 3.18. The van der Waals surface area contributed by atoms with E-state index in [1.807, 2.05) is 19.1 Å². The Morgan fingerprint density at radius 2 is 1.80 bits per heavy atom. The van der Waals surface area contributed by atoms with Crippen LogP contribution in [0.5, 0.6) is 5.75 Å². The monoisotopic (exact) mass is 288 g/mol. The van der Waals surface area contributed by atoms with E-state index in [0.717, 1.165) is 5.56 Å². The van der Waals surface area contributed by atoms with Gasteiger partial charge in [0.15, 0.2) is 0 Å². The Bertz CT molecular complexity index is 673. The third kappa shape index (κ3) is 3.19. The molecule has 2 aromatic rings. The van der Waals surface area contributed by atoms with E-state index in [9.17, 15) is 15.0 Å². The minimum absolute atomic E-state index is 0.0315. The van der Waals surface area contributed by atoms with Crippen LogP contribution in [-0.2, 0) is 4.79 Å². The molecule has 0 aliphatic carbocycles. The van der Waals surface area contributed by atoms with Gasteiger partial charge in [-0.2, -0.15) is 0 Å². The molecule has 0 unspecified atom stereocenters. The minimum Gasteiger partial charge on any atom is -0.506 e. The largest absolute Gasteiger partial charge is 0.506 e. The van der Waals surface area contributed by atoms with Crippen LogP contribution in [-0.4, -0.2) is 16.2 Å². The van der Waals surface area contributed by atoms with Gasteiger partial charge in [-0.25, -0.2) is 4.79 Å². The van der Waals surface area contributed by atoms with Crippen molar-refractivity contribution in [2.24, 2.45) is 0 Å². The van der Waals surface area contributed by atoms with Gasteiger partial charge >= 0.3 is 5.97 Å². The van der Waals surface area contributed by atoms with E-state index in [1.54, 1.807) is 18.2 Å². The molecule has 0 spiro atoms. The molecule has 2 aromatic carbocycles. The molecule has 2 rings (SSSR count). The van der Waals surface area contributed by atoms with Gasteiger partial charge in [0.2, 0.25) is 0 Å². The molecule has 0 aliphatic heterocycles. The lowest BCUT2D eigenvalue weighted by molar-refractivity contribution is -0.130. The predicted molar refractivity (Wildman–Crippen MR) is 79.8 cm³/mol. The number of benzene rings is 2. The number of hydrogen-bond acceptors (Lipinski definition) is 2. The van der Waals surface area contributed by atoms with E-state index in [4.69, 9.17) is 11.6 Å². The molecule has 0 saturated carbocycles. The molecular formula is C16H13ClO3. The predicted octanol–water partition coefficient (Wildman–Crippen LogP) is 3.98. The second kappa shape index (κ2) is 5.80. The number of aromatic hydroxyl groups is 1. The first-order valence-electron chi connectivity index (χ1n) is 5.98. The molecule has 4 heteroatoms. The first kappa shape index (κ1) is 14.2. The standard InChI is InChI=1S/C16H13ClO3/c1-10-2-5-12(6-3-10)13(16(19)20)8-11-4-7-15(18)14(17)9-11/h2-9,18H,1H3,(H,19,20)/b13-8-. The fourth-order valence-corrected chi connectivity index (χ4v) is 1.97. The summed E-state index contributed by atoms with van der Waals surface area (Å²) in [5.41, 5.74) is 2.47. The van der Waals surface area contributed by atoms with Crippen molar-refractivity contribution in [2.45, 2.75) is 6.92 Å². The Morgan fingerprint density at radius 3 is 2.35 bits per heavy atom. The molecule has 0 atom stereocenters. The summed E-state index contributed by atoms with van der Waals surface area (Å²) in [6.07, 6.45) is 1.53. The zero-order chi connectivity index (χ0) is 14.7. The number of phenols is 1. The van der Waals surface area contributed by atoms with Crippen molar-refractivity contribution in [1.29, 1.82) is 0 Å². The number of hydrogen-bond donors (Lipinski definition) is 2. The number of aliphatic carboxylic acids is 1. The smallest absolute Gasteiger partial charge is 0.336 e. The van der Waals surface area contributed by atoms with Crippen LogP contribution < -0.4 is 0 Å². The van der Waals surface area contributed by atoms with Gasteiger partial charge in [0, 0.05) is 0 Å². The van der Waals surface area contributed by atoms with Gasteiger partial charge in [-0.15, -0.1) is 0 Å². The van der Waals surface area contributed by atoms with Crippen molar-refractivity contribution in [1.82, 2.24) is 0 Å². The Morgan fingerprint density at radius 1 is 1.15 bits per heavy atom. The van der Waals surface area contributed by atoms with Crippen LogP contribution in [0.2, 0.25) is 5.02 Å². The Balaban J connectivity index is 2.47. The number of carbonyl (C=O) groups is 1. The van der Waals surface area contributed by atoms with Gasteiger partial charge in [0.25, 0.3) is 0 Å². The molecule has 0 radical (unpaired) electrons. The second-order valence-corrected chi connectivity index (χ2v) is 4.85. The highest BCUT2D eigenvalue weighted by Gasteiger charge is 2.10. The van der Waals surface area contributed by atoms with Gasteiger partial charge in [-0.3, -0.25) is 0 Å². The zero-order valence-corrected chi connectivity index (χ0v) is 11.6. The highest BCUT2D eigenvalue weighted by molar-refractivity contribution is 6.32. The second-order valence-electron chi connectivity index (χ2n) is 4.44. The van der Waals surface area contributed by atoms with Crippen molar-refractivity contribution in [3.8, 4) is 5.75 Å². The normalized spacial score (nSPS) is 11.4. The SMILES string of the molecule is Cc1ccc(/C(=C/c2ccc(O)c(Cl)c2)C(=O)O)cc1. The summed E-state index contributed by atoms with van der Waals surface area (Å²) >= 11 is 5.82. The third-order valence-electron chi connectivity index (χ3n) is 2.88. The summed E-state index contributed by atoms with van der Waals surface area (Å²) in [4.78, 5) is 11.4. The first-order valence-corrected chi connectivity index (χ1v) is 6.36. The van der Waals surface area contributed by atoms with Crippen LogP contribution in [0.15, 0.2) is 42.5 Å². The average molecular weight is 289 g/mol. The number of aryl methyl sites for hydroxylation is 1. The molecular weight excluding hydrogens is 276 g/mol. The van der Waals surface area contributed by atoms with Crippen molar-refractivity contribution < 1.29 is 15.0 Å². The molecule has 20 heavy (non-hydrogen) atoms. The lowest BCUT2D eigenvalue weighted by Gasteiger charge is -2.05. The number of carboxylic acid groups (broad SMARTS) is 1. The average Bonchev–Trinajstić information content (AvgIpc) is 2.41. The van der Waals surface area contributed by atoms with Crippen LogP contribution in [0.1, 0.15) is 16.7 Å². The first-order chi connectivity index (χ1) is 9.47. The van der Waals surface area contributed by atoms with Crippen LogP contribution in [0.25, 0.3) is 11.6 Å². The molecule has 0 aromatic heterocycles. The van der Waals surface area contributed by atoms with Crippen molar-refractivity contribution in [3.05, 3.63) is 64.2 Å². The summed E-state index contributed by atoms with van der Waals surface area (Å²) in [6.45, 7) is 1.94. The fraction of sp³-hybridized carbons (Fsp3) is 0.0625. The van der Waals surface area contributed by atoms with Crippen LogP contribution in [0.3, 0.4) is 0 Å². The van der Waals surface area contributed by atoms with E-state index < -0.39 is 5.97 Å². The lowest BCUT2D eigenvalue weighted by atomic mass is 10.0. The van der Waals surface area contributed by atoms with E-state index in [2.05, 4.69) is 0 Å². The Kier molecular flexibility index (Phi) is 4.11. The van der Waals surface area contributed by atoms with Crippen molar-refractivity contribution in [2.75, 3.05) is 0 Å². The van der Waals surface area contributed by atoms with E-state index in [1.165, 1.54) is 18.2 Å². The van der Waals surface area contributed by atoms with Gasteiger partial charge in [0.1, 0.15) is 5.75 Å². The topological polar surface area (TPSA) is 57.5 Å². The summed E-state index contributed by atoms with van der Waals surface area (Å²) < 4.78 is 0. The highest BCUT2D eigenvalue weighted by atomic mass is 35.5. The van der Waals surface area contributed by atoms with Crippen LogP contribution >= 0.6 is 11.6 Å². The lowest BCUT2D eigenvalue weighted by Crippen LogP contribution is -1.99. The zero-order valence-electron chi connectivity index (χ0n) is 10.8. The number of halogens is 1.